The third-order valence-corrected chi connectivity index (χ3v) is 2.55. The molecule has 1 aromatic rings. The summed E-state index contributed by atoms with van der Waals surface area (Å²) in [5, 5.41) is 11.8. The molecular weight excluding hydrogens is 212 g/mol. The van der Waals surface area contributed by atoms with E-state index in [1.165, 1.54) is 0 Å². The SMILES string of the molecule is CC(C)CCNC(=O)C(C#N)c1ccccc1. The summed E-state index contributed by atoms with van der Waals surface area (Å²) < 4.78 is 0. The lowest BCUT2D eigenvalue weighted by molar-refractivity contribution is -0.121. The molecule has 1 unspecified atom stereocenters. The lowest BCUT2D eigenvalue weighted by atomic mass is 10.00. The molecule has 0 aliphatic rings. The highest BCUT2D eigenvalue weighted by atomic mass is 16.1. The van der Waals surface area contributed by atoms with Crippen LogP contribution in [-0.2, 0) is 4.79 Å². The van der Waals surface area contributed by atoms with Crippen LogP contribution in [0.5, 0.6) is 0 Å². The maximum absolute atomic E-state index is 11.8. The molecule has 0 saturated carbocycles. The summed E-state index contributed by atoms with van der Waals surface area (Å²) in [4.78, 5) is 11.8. The zero-order valence-corrected chi connectivity index (χ0v) is 10.3. The minimum absolute atomic E-state index is 0.209. The summed E-state index contributed by atoms with van der Waals surface area (Å²) in [5.74, 6) is -0.365. The Hall–Kier alpha value is -1.82. The molecule has 0 spiro atoms. The monoisotopic (exact) mass is 230 g/mol. The van der Waals surface area contributed by atoms with Crippen LogP contribution in [0, 0.1) is 17.2 Å². The smallest absolute Gasteiger partial charge is 0.241 e. The molecule has 17 heavy (non-hydrogen) atoms. The van der Waals surface area contributed by atoms with Gasteiger partial charge in [-0.25, -0.2) is 0 Å². The van der Waals surface area contributed by atoms with E-state index >= 15 is 0 Å². The number of nitrogens with one attached hydrogen (secondary N) is 1. The molecule has 0 saturated heterocycles. The molecule has 1 atom stereocenters. The van der Waals surface area contributed by atoms with Gasteiger partial charge < -0.3 is 5.32 Å². The van der Waals surface area contributed by atoms with E-state index in [9.17, 15) is 4.79 Å². The van der Waals surface area contributed by atoms with Crippen LogP contribution in [0.4, 0.5) is 0 Å². The lowest BCUT2D eigenvalue weighted by Gasteiger charge is -2.11. The maximum Gasteiger partial charge on any atom is 0.241 e. The van der Waals surface area contributed by atoms with E-state index in [2.05, 4.69) is 19.2 Å². The van der Waals surface area contributed by atoms with Gasteiger partial charge in [-0.3, -0.25) is 4.79 Å². The van der Waals surface area contributed by atoms with E-state index in [1.54, 1.807) is 12.1 Å². The topological polar surface area (TPSA) is 52.9 Å². The van der Waals surface area contributed by atoms with Crippen molar-refractivity contribution in [3.63, 3.8) is 0 Å². The second kappa shape index (κ2) is 6.70. The first-order valence-corrected chi connectivity index (χ1v) is 5.87. The fraction of sp³-hybridized carbons (Fsp3) is 0.429. The van der Waals surface area contributed by atoms with Gasteiger partial charge in [0.15, 0.2) is 0 Å². The first-order valence-electron chi connectivity index (χ1n) is 5.87. The van der Waals surface area contributed by atoms with E-state index in [0.717, 1.165) is 12.0 Å². The molecule has 0 aliphatic heterocycles. The van der Waals surface area contributed by atoms with Crippen LogP contribution in [0.3, 0.4) is 0 Å². The van der Waals surface area contributed by atoms with Crippen LogP contribution < -0.4 is 5.32 Å². The van der Waals surface area contributed by atoms with Crippen molar-refractivity contribution in [2.24, 2.45) is 5.92 Å². The number of carbonyl (C=O) groups excluding carboxylic acids is 1. The summed E-state index contributed by atoms with van der Waals surface area (Å²) in [5.41, 5.74) is 0.747. The molecule has 3 nitrogen and oxygen atoms in total. The molecular formula is C14H18N2O. The number of hydrogen-bond donors (Lipinski definition) is 1. The van der Waals surface area contributed by atoms with E-state index < -0.39 is 5.92 Å². The highest BCUT2D eigenvalue weighted by Gasteiger charge is 2.19. The van der Waals surface area contributed by atoms with E-state index in [4.69, 9.17) is 5.26 Å². The Morgan fingerprint density at radius 3 is 2.53 bits per heavy atom. The fourth-order valence-electron chi connectivity index (χ4n) is 1.52. The van der Waals surface area contributed by atoms with Gasteiger partial charge in [0.2, 0.25) is 5.91 Å². The van der Waals surface area contributed by atoms with Crippen molar-refractivity contribution in [3.05, 3.63) is 35.9 Å². The molecule has 3 heteroatoms. The number of rotatable bonds is 5. The van der Waals surface area contributed by atoms with Crippen LogP contribution in [0.15, 0.2) is 30.3 Å². The van der Waals surface area contributed by atoms with Crippen molar-refractivity contribution in [1.29, 1.82) is 5.26 Å². The molecule has 0 heterocycles. The van der Waals surface area contributed by atoms with Gasteiger partial charge in [0, 0.05) is 6.54 Å². The fourth-order valence-corrected chi connectivity index (χ4v) is 1.52. The Morgan fingerprint density at radius 2 is 2.00 bits per heavy atom. The van der Waals surface area contributed by atoms with Gasteiger partial charge in [-0.2, -0.15) is 5.26 Å². The summed E-state index contributed by atoms with van der Waals surface area (Å²) in [7, 11) is 0. The summed E-state index contributed by atoms with van der Waals surface area (Å²) >= 11 is 0. The van der Waals surface area contributed by atoms with Gasteiger partial charge in [0.25, 0.3) is 0 Å². The van der Waals surface area contributed by atoms with E-state index in [-0.39, 0.29) is 5.91 Å². The maximum atomic E-state index is 11.8. The molecule has 1 N–H and O–H groups in total. The molecule has 1 rings (SSSR count). The second-order valence-corrected chi connectivity index (χ2v) is 4.45. The molecule has 0 fully saturated rings. The van der Waals surface area contributed by atoms with E-state index in [1.807, 2.05) is 24.3 Å². The van der Waals surface area contributed by atoms with Crippen molar-refractivity contribution in [1.82, 2.24) is 5.32 Å². The third-order valence-electron chi connectivity index (χ3n) is 2.55. The summed E-state index contributed by atoms with van der Waals surface area (Å²) in [6, 6.07) is 11.2. The van der Waals surface area contributed by atoms with Crippen LogP contribution in [-0.4, -0.2) is 12.5 Å². The molecule has 90 valence electrons. The third kappa shape index (κ3) is 4.28. The predicted molar refractivity (Wildman–Crippen MR) is 67.3 cm³/mol. The average molecular weight is 230 g/mol. The normalized spacial score (nSPS) is 11.9. The van der Waals surface area contributed by atoms with Crippen molar-refractivity contribution in [2.45, 2.75) is 26.2 Å². The number of nitrogens with zero attached hydrogens (tertiary/aromatic N) is 1. The van der Waals surface area contributed by atoms with Crippen molar-refractivity contribution >= 4 is 5.91 Å². The number of nitriles is 1. The first kappa shape index (κ1) is 13.2. The lowest BCUT2D eigenvalue weighted by Crippen LogP contribution is -2.30. The number of carbonyl (C=O) groups is 1. The largest absolute Gasteiger partial charge is 0.355 e. The quantitative estimate of drug-likeness (QED) is 0.844. The van der Waals surface area contributed by atoms with Crippen molar-refractivity contribution < 1.29 is 4.79 Å². The van der Waals surface area contributed by atoms with Gasteiger partial charge in [0.05, 0.1) is 6.07 Å². The van der Waals surface area contributed by atoms with Crippen LogP contribution in [0.1, 0.15) is 31.7 Å². The van der Waals surface area contributed by atoms with Gasteiger partial charge in [-0.1, -0.05) is 44.2 Å². The highest BCUT2D eigenvalue weighted by Crippen LogP contribution is 2.14. The Labute approximate surface area is 102 Å². The Bertz CT molecular complexity index is 392. The molecule has 0 radical (unpaired) electrons. The second-order valence-electron chi connectivity index (χ2n) is 4.45. The number of hydrogen-bond acceptors (Lipinski definition) is 2. The standard InChI is InChI=1S/C14H18N2O/c1-11(2)8-9-16-14(17)13(10-15)12-6-4-3-5-7-12/h3-7,11,13H,8-9H2,1-2H3,(H,16,17). The van der Waals surface area contributed by atoms with Gasteiger partial charge in [0.1, 0.15) is 5.92 Å². The molecule has 0 bridgehead atoms. The summed E-state index contributed by atoms with van der Waals surface area (Å²) in [6.45, 7) is 4.83. The number of benzene rings is 1. The van der Waals surface area contributed by atoms with Crippen LogP contribution in [0.2, 0.25) is 0 Å². The molecule has 0 aliphatic carbocycles. The minimum Gasteiger partial charge on any atom is -0.355 e. The highest BCUT2D eigenvalue weighted by molar-refractivity contribution is 5.86. The average Bonchev–Trinajstić information content (AvgIpc) is 2.31. The van der Waals surface area contributed by atoms with Gasteiger partial charge in [-0.15, -0.1) is 0 Å². The van der Waals surface area contributed by atoms with Crippen LogP contribution in [0.25, 0.3) is 0 Å². The molecule has 0 aromatic heterocycles. The van der Waals surface area contributed by atoms with Crippen molar-refractivity contribution in [3.8, 4) is 6.07 Å². The first-order chi connectivity index (χ1) is 8.15. The molecule has 1 amide bonds. The Morgan fingerprint density at radius 1 is 1.35 bits per heavy atom. The zero-order valence-electron chi connectivity index (χ0n) is 10.3. The zero-order chi connectivity index (χ0) is 12.7. The van der Waals surface area contributed by atoms with Gasteiger partial charge >= 0.3 is 0 Å². The number of amides is 1. The van der Waals surface area contributed by atoms with Crippen LogP contribution >= 0.6 is 0 Å². The van der Waals surface area contributed by atoms with E-state index in [0.29, 0.717) is 12.5 Å². The summed E-state index contributed by atoms with van der Waals surface area (Å²) in [6.07, 6.45) is 0.929. The Kier molecular flexibility index (Phi) is 5.22. The van der Waals surface area contributed by atoms with Crippen molar-refractivity contribution in [2.75, 3.05) is 6.54 Å². The van der Waals surface area contributed by atoms with Gasteiger partial charge in [-0.05, 0) is 17.9 Å². The Balaban J connectivity index is 2.57. The predicted octanol–water partition coefficient (Wildman–Crippen LogP) is 2.46. The molecule has 1 aromatic carbocycles. The minimum atomic E-state index is -0.705.